The second kappa shape index (κ2) is 8.10. The summed E-state index contributed by atoms with van der Waals surface area (Å²) in [5, 5.41) is 5.95. The van der Waals surface area contributed by atoms with Gasteiger partial charge in [0.2, 0.25) is 5.91 Å². The zero-order valence-corrected chi connectivity index (χ0v) is 15.3. The predicted octanol–water partition coefficient (Wildman–Crippen LogP) is 5.68. The summed E-state index contributed by atoms with van der Waals surface area (Å²) in [7, 11) is 0. The lowest BCUT2D eigenvalue weighted by molar-refractivity contribution is -0.111. The number of nitrogens with one attached hydrogen (secondary N) is 1. The minimum Gasteiger partial charge on any atom is -0.298 e. The van der Waals surface area contributed by atoms with Gasteiger partial charge in [0.05, 0.1) is 5.69 Å². The smallest absolute Gasteiger partial charge is 0.250 e. The summed E-state index contributed by atoms with van der Waals surface area (Å²) >= 11 is 7.34. The van der Waals surface area contributed by atoms with Crippen molar-refractivity contribution in [2.24, 2.45) is 0 Å². The fourth-order valence-electron chi connectivity index (χ4n) is 2.30. The number of aryl methyl sites for hydroxylation is 1. The van der Waals surface area contributed by atoms with Gasteiger partial charge >= 0.3 is 0 Å². The van der Waals surface area contributed by atoms with Crippen molar-refractivity contribution in [2.75, 3.05) is 5.32 Å². The van der Waals surface area contributed by atoms with E-state index < -0.39 is 0 Å². The van der Waals surface area contributed by atoms with Gasteiger partial charge in [-0.15, -0.1) is 11.3 Å². The van der Waals surface area contributed by atoms with Gasteiger partial charge in [0.25, 0.3) is 0 Å². The largest absolute Gasteiger partial charge is 0.298 e. The first-order valence-corrected chi connectivity index (χ1v) is 9.19. The van der Waals surface area contributed by atoms with Gasteiger partial charge in [0.15, 0.2) is 5.13 Å². The van der Waals surface area contributed by atoms with E-state index in [9.17, 15) is 4.79 Å². The average molecular weight is 369 g/mol. The number of amides is 1. The van der Waals surface area contributed by atoms with Gasteiger partial charge in [-0.3, -0.25) is 10.1 Å². The molecule has 0 saturated heterocycles. The van der Waals surface area contributed by atoms with Crippen LogP contribution < -0.4 is 5.32 Å². The number of benzene rings is 2. The molecule has 3 aromatic rings. The number of rotatable bonds is 5. The van der Waals surface area contributed by atoms with Crippen LogP contribution in [0.3, 0.4) is 0 Å². The van der Waals surface area contributed by atoms with Crippen molar-refractivity contribution in [3.63, 3.8) is 0 Å². The number of thiazole rings is 1. The summed E-state index contributed by atoms with van der Waals surface area (Å²) < 4.78 is 0. The second-order valence-corrected chi connectivity index (χ2v) is 6.76. The Balaban J connectivity index is 1.65. The van der Waals surface area contributed by atoms with Gasteiger partial charge < -0.3 is 0 Å². The molecule has 1 N–H and O–H groups in total. The SMILES string of the molecule is CCc1ccc(-c2csc(NC(=O)C=Cc3cccc(Cl)c3)n2)cc1. The van der Waals surface area contributed by atoms with E-state index in [0.29, 0.717) is 10.2 Å². The average Bonchev–Trinajstić information content (AvgIpc) is 3.08. The van der Waals surface area contributed by atoms with Crippen LogP contribution >= 0.6 is 22.9 Å². The molecule has 126 valence electrons. The van der Waals surface area contributed by atoms with E-state index >= 15 is 0 Å². The van der Waals surface area contributed by atoms with Crippen molar-refractivity contribution < 1.29 is 4.79 Å². The van der Waals surface area contributed by atoms with Crippen molar-refractivity contribution in [1.29, 1.82) is 0 Å². The lowest BCUT2D eigenvalue weighted by Gasteiger charge is -1.99. The summed E-state index contributed by atoms with van der Waals surface area (Å²) in [6.45, 7) is 2.13. The van der Waals surface area contributed by atoms with E-state index in [-0.39, 0.29) is 5.91 Å². The molecule has 25 heavy (non-hydrogen) atoms. The van der Waals surface area contributed by atoms with Gasteiger partial charge in [-0.05, 0) is 35.8 Å². The Morgan fingerprint density at radius 2 is 2.04 bits per heavy atom. The molecule has 0 aliphatic heterocycles. The Kier molecular flexibility index (Phi) is 5.64. The Bertz CT molecular complexity index is 900. The van der Waals surface area contributed by atoms with Crippen LogP contribution in [0, 0.1) is 0 Å². The maximum absolute atomic E-state index is 12.0. The maximum Gasteiger partial charge on any atom is 0.250 e. The predicted molar refractivity (Wildman–Crippen MR) is 106 cm³/mol. The number of anilines is 1. The normalized spacial score (nSPS) is 11.0. The summed E-state index contributed by atoms with van der Waals surface area (Å²) in [6, 6.07) is 15.6. The quantitative estimate of drug-likeness (QED) is 0.589. The summed E-state index contributed by atoms with van der Waals surface area (Å²) in [5.41, 5.74) is 4.07. The zero-order chi connectivity index (χ0) is 17.6. The Morgan fingerprint density at radius 1 is 1.24 bits per heavy atom. The third kappa shape index (κ3) is 4.78. The molecule has 1 aromatic heterocycles. The van der Waals surface area contributed by atoms with Crippen LogP contribution in [0.2, 0.25) is 5.02 Å². The number of halogens is 1. The highest BCUT2D eigenvalue weighted by molar-refractivity contribution is 7.14. The highest BCUT2D eigenvalue weighted by Crippen LogP contribution is 2.25. The fourth-order valence-corrected chi connectivity index (χ4v) is 3.23. The molecule has 0 atom stereocenters. The molecule has 3 nitrogen and oxygen atoms in total. The summed E-state index contributed by atoms with van der Waals surface area (Å²) in [5.74, 6) is -0.220. The highest BCUT2D eigenvalue weighted by Gasteiger charge is 2.06. The molecule has 1 amide bonds. The molecule has 0 spiro atoms. The van der Waals surface area contributed by atoms with Crippen molar-refractivity contribution in [3.05, 3.63) is 76.1 Å². The van der Waals surface area contributed by atoms with Crippen molar-refractivity contribution in [2.45, 2.75) is 13.3 Å². The van der Waals surface area contributed by atoms with Crippen molar-refractivity contribution in [1.82, 2.24) is 4.98 Å². The molecule has 0 aliphatic carbocycles. The first kappa shape index (κ1) is 17.4. The number of carbonyl (C=O) groups excluding carboxylic acids is 1. The molecule has 5 heteroatoms. The van der Waals surface area contributed by atoms with Gasteiger partial charge in [0, 0.05) is 22.0 Å². The number of hydrogen-bond acceptors (Lipinski definition) is 3. The number of hydrogen-bond donors (Lipinski definition) is 1. The minimum atomic E-state index is -0.220. The molecule has 1 heterocycles. The highest BCUT2D eigenvalue weighted by atomic mass is 35.5. The van der Waals surface area contributed by atoms with Gasteiger partial charge in [-0.1, -0.05) is 54.9 Å². The van der Waals surface area contributed by atoms with Crippen LogP contribution in [-0.2, 0) is 11.2 Å². The van der Waals surface area contributed by atoms with Crippen LogP contribution in [0.4, 0.5) is 5.13 Å². The zero-order valence-electron chi connectivity index (χ0n) is 13.7. The van der Waals surface area contributed by atoms with E-state index in [0.717, 1.165) is 23.2 Å². The number of aromatic nitrogens is 1. The summed E-state index contributed by atoms with van der Waals surface area (Å²) in [4.78, 5) is 16.5. The molecule has 0 aliphatic rings. The molecule has 0 radical (unpaired) electrons. The van der Waals surface area contributed by atoms with E-state index in [2.05, 4.69) is 41.5 Å². The molecular formula is C20H17ClN2OS. The van der Waals surface area contributed by atoms with E-state index in [1.807, 2.05) is 17.5 Å². The van der Waals surface area contributed by atoms with Crippen molar-refractivity contribution in [3.8, 4) is 11.3 Å². The first-order valence-electron chi connectivity index (χ1n) is 7.93. The van der Waals surface area contributed by atoms with Crippen LogP contribution in [0.25, 0.3) is 17.3 Å². The Hall–Kier alpha value is -2.43. The minimum absolute atomic E-state index is 0.220. The fraction of sp³-hybridized carbons (Fsp3) is 0.100. The van der Waals surface area contributed by atoms with Crippen LogP contribution in [0.15, 0.2) is 60.0 Å². The molecule has 0 saturated carbocycles. The molecule has 0 fully saturated rings. The molecule has 0 unspecified atom stereocenters. The molecule has 0 bridgehead atoms. The van der Waals surface area contributed by atoms with Crippen LogP contribution in [-0.4, -0.2) is 10.9 Å². The van der Waals surface area contributed by atoms with Gasteiger partial charge in [0.1, 0.15) is 0 Å². The van der Waals surface area contributed by atoms with Gasteiger partial charge in [-0.2, -0.15) is 0 Å². The molecule has 3 rings (SSSR count). The molecular weight excluding hydrogens is 352 g/mol. The lowest BCUT2D eigenvalue weighted by Crippen LogP contribution is -2.07. The summed E-state index contributed by atoms with van der Waals surface area (Å²) in [6.07, 6.45) is 4.21. The lowest BCUT2D eigenvalue weighted by atomic mass is 10.1. The van der Waals surface area contributed by atoms with E-state index in [1.165, 1.54) is 23.0 Å². The topological polar surface area (TPSA) is 42.0 Å². The van der Waals surface area contributed by atoms with Gasteiger partial charge in [-0.25, -0.2) is 4.98 Å². The Morgan fingerprint density at radius 3 is 2.76 bits per heavy atom. The number of carbonyl (C=O) groups is 1. The third-order valence-corrected chi connectivity index (χ3v) is 4.66. The first-order chi connectivity index (χ1) is 12.1. The monoisotopic (exact) mass is 368 g/mol. The van der Waals surface area contributed by atoms with Crippen LogP contribution in [0.5, 0.6) is 0 Å². The molecule has 2 aromatic carbocycles. The van der Waals surface area contributed by atoms with E-state index in [4.69, 9.17) is 11.6 Å². The second-order valence-electron chi connectivity index (χ2n) is 5.47. The van der Waals surface area contributed by atoms with Crippen LogP contribution in [0.1, 0.15) is 18.1 Å². The Labute approximate surface area is 156 Å². The van der Waals surface area contributed by atoms with Crippen molar-refractivity contribution >= 4 is 40.1 Å². The standard InChI is InChI=1S/C20H17ClN2OS/c1-2-14-6-9-16(10-7-14)18-13-25-20(22-18)23-19(24)11-8-15-4-3-5-17(21)12-15/h3-13H,2H2,1H3,(H,22,23,24). The van der Waals surface area contributed by atoms with E-state index in [1.54, 1.807) is 18.2 Å². The number of nitrogens with zero attached hydrogens (tertiary/aromatic N) is 1. The third-order valence-electron chi connectivity index (χ3n) is 3.67. The maximum atomic E-state index is 12.0.